The average Bonchev–Trinajstić information content (AvgIpc) is 2.77. The maximum absolute atomic E-state index is 12.3. The lowest BCUT2D eigenvalue weighted by Crippen LogP contribution is -2.47. The fraction of sp³-hybridized carbons (Fsp3) is 0.458. The number of hydrogen-bond acceptors (Lipinski definition) is 5. The molecule has 6 nitrogen and oxygen atoms in total. The molecule has 1 aliphatic rings. The number of amides is 1. The van der Waals surface area contributed by atoms with E-state index in [1.54, 1.807) is 14.2 Å². The Morgan fingerprint density at radius 2 is 1.83 bits per heavy atom. The number of nitrogens with zero attached hydrogens (tertiary/aromatic N) is 2. The fourth-order valence-electron chi connectivity index (χ4n) is 3.84. The van der Waals surface area contributed by atoms with Gasteiger partial charge >= 0.3 is 0 Å². The number of anilines is 1. The van der Waals surface area contributed by atoms with E-state index in [0.29, 0.717) is 12.3 Å². The number of carbonyl (C=O) groups is 1. The number of piperazine rings is 1. The summed E-state index contributed by atoms with van der Waals surface area (Å²) in [5, 5.41) is 3.03. The fourth-order valence-corrected chi connectivity index (χ4v) is 3.84. The molecule has 0 radical (unpaired) electrons. The Labute approximate surface area is 179 Å². The molecule has 1 amide bonds. The van der Waals surface area contributed by atoms with Gasteiger partial charge in [0.05, 0.1) is 20.6 Å². The largest absolute Gasteiger partial charge is 0.497 e. The first-order valence-corrected chi connectivity index (χ1v) is 10.6. The number of methoxy groups -OCH3 is 2. The van der Waals surface area contributed by atoms with Crippen molar-refractivity contribution in [2.24, 2.45) is 0 Å². The van der Waals surface area contributed by atoms with Crippen LogP contribution in [0.5, 0.6) is 11.5 Å². The zero-order valence-corrected chi connectivity index (χ0v) is 18.3. The van der Waals surface area contributed by atoms with E-state index in [1.807, 2.05) is 18.2 Å². The van der Waals surface area contributed by atoms with Crippen molar-refractivity contribution in [3.63, 3.8) is 0 Å². The van der Waals surface area contributed by atoms with E-state index >= 15 is 0 Å². The summed E-state index contributed by atoms with van der Waals surface area (Å²) in [6, 6.07) is 14.2. The van der Waals surface area contributed by atoms with Crippen molar-refractivity contribution in [1.82, 2.24) is 10.2 Å². The van der Waals surface area contributed by atoms with Crippen LogP contribution in [0.4, 0.5) is 5.69 Å². The Balaban J connectivity index is 1.36. The van der Waals surface area contributed by atoms with Gasteiger partial charge in [-0.15, -0.1) is 0 Å². The van der Waals surface area contributed by atoms with Crippen molar-refractivity contribution in [3.8, 4) is 11.5 Å². The Morgan fingerprint density at radius 1 is 1.03 bits per heavy atom. The first-order valence-electron chi connectivity index (χ1n) is 10.6. The van der Waals surface area contributed by atoms with Gasteiger partial charge in [-0.25, -0.2) is 0 Å². The molecule has 30 heavy (non-hydrogen) atoms. The van der Waals surface area contributed by atoms with E-state index in [-0.39, 0.29) is 12.3 Å². The highest BCUT2D eigenvalue weighted by molar-refractivity contribution is 5.79. The van der Waals surface area contributed by atoms with Gasteiger partial charge in [0.15, 0.2) is 0 Å². The van der Waals surface area contributed by atoms with E-state index < -0.39 is 0 Å². The molecule has 1 saturated heterocycles. The van der Waals surface area contributed by atoms with Crippen LogP contribution in [0.25, 0.3) is 0 Å². The number of benzene rings is 2. The summed E-state index contributed by atoms with van der Waals surface area (Å²) < 4.78 is 10.6. The van der Waals surface area contributed by atoms with Crippen LogP contribution >= 0.6 is 0 Å². The predicted molar refractivity (Wildman–Crippen MR) is 121 cm³/mol. The van der Waals surface area contributed by atoms with Gasteiger partial charge in [-0.1, -0.05) is 12.1 Å². The molecule has 0 aromatic heterocycles. The molecule has 1 fully saturated rings. The van der Waals surface area contributed by atoms with E-state index in [0.717, 1.165) is 50.5 Å². The second-order valence-corrected chi connectivity index (χ2v) is 7.73. The normalized spacial score (nSPS) is 14.4. The Kier molecular flexibility index (Phi) is 7.97. The summed E-state index contributed by atoms with van der Waals surface area (Å²) in [6.45, 7) is 8.04. The lowest BCUT2D eigenvalue weighted by molar-refractivity contribution is -0.120. The molecule has 6 heteroatoms. The summed E-state index contributed by atoms with van der Waals surface area (Å²) >= 11 is 0. The molecule has 3 rings (SSSR count). The number of aryl methyl sites for hydroxylation is 1. The van der Waals surface area contributed by atoms with Crippen LogP contribution in [-0.2, 0) is 11.2 Å². The minimum absolute atomic E-state index is 0.00539. The summed E-state index contributed by atoms with van der Waals surface area (Å²) in [4.78, 5) is 17.3. The zero-order chi connectivity index (χ0) is 21.3. The van der Waals surface area contributed by atoms with Crippen molar-refractivity contribution in [1.29, 1.82) is 0 Å². The van der Waals surface area contributed by atoms with Gasteiger partial charge in [0.2, 0.25) is 5.91 Å². The molecule has 1 aliphatic heterocycles. The van der Waals surface area contributed by atoms with Crippen LogP contribution in [0.15, 0.2) is 42.5 Å². The molecule has 1 N–H and O–H groups in total. The van der Waals surface area contributed by atoms with Gasteiger partial charge in [-0.05, 0) is 55.8 Å². The number of ether oxygens (including phenoxy) is 2. The second-order valence-electron chi connectivity index (χ2n) is 7.73. The maximum atomic E-state index is 12.3. The molecular formula is C24H33N3O3. The molecule has 0 spiro atoms. The minimum Gasteiger partial charge on any atom is -0.497 e. The van der Waals surface area contributed by atoms with E-state index in [1.165, 1.54) is 11.3 Å². The number of hydrogen-bond donors (Lipinski definition) is 1. The number of rotatable bonds is 9. The van der Waals surface area contributed by atoms with Crippen LogP contribution in [0.2, 0.25) is 0 Å². The van der Waals surface area contributed by atoms with Crippen molar-refractivity contribution in [2.45, 2.75) is 19.8 Å². The lowest BCUT2D eigenvalue weighted by Gasteiger charge is -2.36. The Morgan fingerprint density at radius 3 is 2.53 bits per heavy atom. The molecular weight excluding hydrogens is 378 g/mol. The third-order valence-corrected chi connectivity index (χ3v) is 5.55. The van der Waals surface area contributed by atoms with Crippen LogP contribution in [0.3, 0.4) is 0 Å². The SMILES string of the molecule is COc1ccc(OC)c(CC(=O)NCCCN2CCN(c3cccc(C)c3)CC2)c1. The lowest BCUT2D eigenvalue weighted by atomic mass is 10.1. The third kappa shape index (κ3) is 6.13. The Hall–Kier alpha value is -2.73. The van der Waals surface area contributed by atoms with E-state index in [2.05, 4.69) is 46.3 Å². The first-order chi connectivity index (χ1) is 14.6. The van der Waals surface area contributed by atoms with Crippen molar-refractivity contribution in [3.05, 3.63) is 53.6 Å². The minimum atomic E-state index is 0.00539. The zero-order valence-electron chi connectivity index (χ0n) is 18.3. The smallest absolute Gasteiger partial charge is 0.224 e. The molecule has 2 aromatic carbocycles. The summed E-state index contributed by atoms with van der Waals surface area (Å²) in [6.07, 6.45) is 1.24. The van der Waals surface area contributed by atoms with Gasteiger partial charge in [0.25, 0.3) is 0 Å². The third-order valence-electron chi connectivity index (χ3n) is 5.55. The molecule has 0 atom stereocenters. The van der Waals surface area contributed by atoms with Crippen molar-refractivity contribution in [2.75, 3.05) is 58.4 Å². The highest BCUT2D eigenvalue weighted by Gasteiger charge is 2.17. The summed E-state index contributed by atoms with van der Waals surface area (Å²) in [5.41, 5.74) is 3.45. The predicted octanol–water partition coefficient (Wildman–Crippen LogP) is 2.88. The van der Waals surface area contributed by atoms with Gasteiger partial charge in [0, 0.05) is 44.0 Å². The highest BCUT2D eigenvalue weighted by Crippen LogP contribution is 2.24. The monoisotopic (exact) mass is 411 g/mol. The maximum Gasteiger partial charge on any atom is 0.224 e. The van der Waals surface area contributed by atoms with Crippen LogP contribution in [-0.4, -0.2) is 64.3 Å². The van der Waals surface area contributed by atoms with E-state index in [9.17, 15) is 4.79 Å². The number of nitrogens with one attached hydrogen (secondary N) is 1. The van der Waals surface area contributed by atoms with Gasteiger partial charge in [0.1, 0.15) is 11.5 Å². The molecule has 162 valence electrons. The second kappa shape index (κ2) is 10.9. The first kappa shape index (κ1) is 22.0. The molecule has 0 bridgehead atoms. The standard InChI is InChI=1S/C24H33N3O3/c1-19-6-4-7-21(16-19)27-14-12-26(13-15-27)11-5-10-25-24(28)18-20-17-22(29-2)8-9-23(20)30-3/h4,6-9,16-17H,5,10-15,18H2,1-3H3,(H,25,28). The molecule has 0 unspecified atom stereocenters. The summed E-state index contributed by atoms with van der Waals surface area (Å²) in [7, 11) is 3.23. The van der Waals surface area contributed by atoms with Gasteiger partial charge in [-0.3, -0.25) is 9.69 Å². The van der Waals surface area contributed by atoms with Crippen LogP contribution in [0, 0.1) is 6.92 Å². The highest BCUT2D eigenvalue weighted by atomic mass is 16.5. The van der Waals surface area contributed by atoms with Gasteiger partial charge < -0.3 is 19.7 Å². The molecule has 2 aromatic rings. The van der Waals surface area contributed by atoms with Crippen LogP contribution in [0.1, 0.15) is 17.5 Å². The van der Waals surface area contributed by atoms with Gasteiger partial charge in [-0.2, -0.15) is 0 Å². The quantitative estimate of drug-likeness (QED) is 0.643. The molecule has 0 aliphatic carbocycles. The average molecular weight is 412 g/mol. The summed E-state index contributed by atoms with van der Waals surface area (Å²) in [5.74, 6) is 1.44. The van der Waals surface area contributed by atoms with Crippen molar-refractivity contribution >= 4 is 11.6 Å². The van der Waals surface area contributed by atoms with E-state index in [4.69, 9.17) is 9.47 Å². The molecule has 1 heterocycles. The number of carbonyl (C=O) groups excluding carboxylic acids is 1. The molecule has 0 saturated carbocycles. The van der Waals surface area contributed by atoms with Crippen molar-refractivity contribution < 1.29 is 14.3 Å². The Bertz CT molecular complexity index is 832. The van der Waals surface area contributed by atoms with Crippen LogP contribution < -0.4 is 19.7 Å². The topological polar surface area (TPSA) is 54.0 Å².